The SMILES string of the molecule is CC(C(=O)C(C)c1cnc2ccccc2c1)c1cnc2ccccc2c1. The highest BCUT2D eigenvalue weighted by Gasteiger charge is 2.23. The van der Waals surface area contributed by atoms with E-state index in [9.17, 15) is 4.79 Å². The molecule has 0 radical (unpaired) electrons. The molecule has 0 saturated heterocycles. The lowest BCUT2D eigenvalue weighted by Gasteiger charge is -2.17. The second-order valence-electron chi connectivity index (χ2n) is 6.77. The van der Waals surface area contributed by atoms with Gasteiger partial charge < -0.3 is 0 Å². The molecule has 4 rings (SSSR count). The average Bonchev–Trinajstić information content (AvgIpc) is 2.71. The predicted octanol–water partition coefficient (Wildman–Crippen LogP) is 5.26. The van der Waals surface area contributed by atoms with E-state index < -0.39 is 0 Å². The van der Waals surface area contributed by atoms with Crippen LogP contribution >= 0.6 is 0 Å². The molecular formula is C23H20N2O. The van der Waals surface area contributed by atoms with Gasteiger partial charge in [0.1, 0.15) is 5.78 Å². The lowest BCUT2D eigenvalue weighted by atomic mass is 9.86. The minimum absolute atomic E-state index is 0.180. The molecule has 3 nitrogen and oxygen atoms in total. The molecule has 3 heteroatoms. The molecule has 2 heterocycles. The maximum Gasteiger partial charge on any atom is 0.147 e. The standard InChI is InChI=1S/C23H20N2O/c1-15(19-11-17-7-3-5-9-21(17)24-13-19)23(26)16(2)20-12-18-8-4-6-10-22(18)25-14-20/h3-16H,1-2H3. The second kappa shape index (κ2) is 6.68. The van der Waals surface area contributed by atoms with Gasteiger partial charge in [-0.25, -0.2) is 0 Å². The summed E-state index contributed by atoms with van der Waals surface area (Å²) in [6.07, 6.45) is 3.63. The number of ketones is 1. The minimum atomic E-state index is -0.214. The van der Waals surface area contributed by atoms with Crippen molar-refractivity contribution in [2.75, 3.05) is 0 Å². The Kier molecular flexibility index (Phi) is 4.21. The van der Waals surface area contributed by atoms with Crippen LogP contribution in [0.25, 0.3) is 21.8 Å². The topological polar surface area (TPSA) is 42.9 Å². The molecule has 0 N–H and O–H groups in total. The van der Waals surface area contributed by atoms with Gasteiger partial charge >= 0.3 is 0 Å². The maximum absolute atomic E-state index is 13.1. The lowest BCUT2D eigenvalue weighted by Crippen LogP contribution is -2.17. The number of carbonyl (C=O) groups is 1. The molecule has 4 aromatic rings. The first-order chi connectivity index (χ1) is 12.6. The number of hydrogen-bond acceptors (Lipinski definition) is 3. The van der Waals surface area contributed by atoms with Crippen LogP contribution in [0.15, 0.2) is 73.1 Å². The number of benzene rings is 2. The number of carbonyl (C=O) groups excluding carboxylic acids is 1. The van der Waals surface area contributed by atoms with Gasteiger partial charge in [-0.1, -0.05) is 50.2 Å². The van der Waals surface area contributed by atoms with E-state index in [4.69, 9.17) is 0 Å². The van der Waals surface area contributed by atoms with Crippen LogP contribution in [0.4, 0.5) is 0 Å². The van der Waals surface area contributed by atoms with Crippen LogP contribution in [-0.2, 0) is 4.79 Å². The first kappa shape index (κ1) is 16.4. The molecule has 0 saturated carbocycles. The summed E-state index contributed by atoms with van der Waals surface area (Å²) in [5.41, 5.74) is 3.80. The fourth-order valence-corrected chi connectivity index (χ4v) is 3.35. The zero-order chi connectivity index (χ0) is 18.1. The number of nitrogens with zero attached hydrogens (tertiary/aromatic N) is 2. The van der Waals surface area contributed by atoms with E-state index in [-0.39, 0.29) is 17.6 Å². The summed E-state index contributed by atoms with van der Waals surface area (Å²) < 4.78 is 0. The van der Waals surface area contributed by atoms with Crippen molar-refractivity contribution in [2.24, 2.45) is 0 Å². The van der Waals surface area contributed by atoms with Gasteiger partial charge in [-0.15, -0.1) is 0 Å². The van der Waals surface area contributed by atoms with Crippen molar-refractivity contribution in [3.8, 4) is 0 Å². The molecular weight excluding hydrogens is 320 g/mol. The van der Waals surface area contributed by atoms with Crippen LogP contribution in [0.3, 0.4) is 0 Å². The van der Waals surface area contributed by atoms with Gasteiger partial charge in [-0.05, 0) is 35.4 Å². The highest BCUT2D eigenvalue weighted by molar-refractivity contribution is 5.93. The molecule has 2 atom stereocenters. The molecule has 2 aromatic carbocycles. The van der Waals surface area contributed by atoms with Crippen molar-refractivity contribution < 1.29 is 4.79 Å². The summed E-state index contributed by atoms with van der Waals surface area (Å²) in [4.78, 5) is 22.0. The Labute approximate surface area is 152 Å². The van der Waals surface area contributed by atoms with Crippen LogP contribution < -0.4 is 0 Å². The van der Waals surface area contributed by atoms with Crippen LogP contribution in [0.5, 0.6) is 0 Å². The Morgan fingerprint density at radius 3 is 1.62 bits per heavy atom. The zero-order valence-electron chi connectivity index (χ0n) is 14.9. The number of para-hydroxylation sites is 2. The highest BCUT2D eigenvalue weighted by Crippen LogP contribution is 2.28. The normalized spacial score (nSPS) is 13.6. The largest absolute Gasteiger partial charge is 0.298 e. The van der Waals surface area contributed by atoms with E-state index in [1.807, 2.05) is 74.8 Å². The molecule has 128 valence electrons. The van der Waals surface area contributed by atoms with Gasteiger partial charge in [0.25, 0.3) is 0 Å². The highest BCUT2D eigenvalue weighted by atomic mass is 16.1. The van der Waals surface area contributed by atoms with Crippen molar-refractivity contribution in [1.29, 1.82) is 0 Å². The number of pyridine rings is 2. The molecule has 0 fully saturated rings. The average molecular weight is 340 g/mol. The maximum atomic E-state index is 13.1. The molecule has 2 aromatic heterocycles. The van der Waals surface area contributed by atoms with Gasteiger partial charge in [0.2, 0.25) is 0 Å². The molecule has 0 bridgehead atoms. The first-order valence-corrected chi connectivity index (χ1v) is 8.86. The van der Waals surface area contributed by atoms with Crippen molar-refractivity contribution in [2.45, 2.75) is 25.7 Å². The Morgan fingerprint density at radius 2 is 1.15 bits per heavy atom. The molecule has 0 aliphatic rings. The quantitative estimate of drug-likeness (QED) is 0.509. The van der Waals surface area contributed by atoms with Gasteiger partial charge in [0, 0.05) is 35.0 Å². The van der Waals surface area contributed by atoms with Crippen molar-refractivity contribution in [3.63, 3.8) is 0 Å². The Bertz CT molecular complexity index is 1020. The minimum Gasteiger partial charge on any atom is -0.298 e. The molecule has 0 amide bonds. The molecule has 0 aliphatic heterocycles. The van der Waals surface area contributed by atoms with Gasteiger partial charge in [0.05, 0.1) is 11.0 Å². The van der Waals surface area contributed by atoms with Gasteiger partial charge in [0.15, 0.2) is 0 Å². The Morgan fingerprint density at radius 1 is 0.731 bits per heavy atom. The second-order valence-corrected chi connectivity index (χ2v) is 6.77. The zero-order valence-corrected chi connectivity index (χ0v) is 14.9. The fraction of sp³-hybridized carbons (Fsp3) is 0.174. The van der Waals surface area contributed by atoms with Crippen LogP contribution in [-0.4, -0.2) is 15.8 Å². The van der Waals surface area contributed by atoms with E-state index in [0.717, 1.165) is 32.9 Å². The third kappa shape index (κ3) is 2.97. The van der Waals surface area contributed by atoms with E-state index in [1.165, 1.54) is 0 Å². The van der Waals surface area contributed by atoms with E-state index in [2.05, 4.69) is 22.1 Å². The summed E-state index contributed by atoms with van der Waals surface area (Å²) in [5, 5.41) is 2.12. The van der Waals surface area contributed by atoms with Crippen LogP contribution in [0.2, 0.25) is 0 Å². The number of Topliss-reactive ketones (excluding diaryl/α,β-unsaturated/α-hetero) is 1. The third-order valence-electron chi connectivity index (χ3n) is 5.08. The van der Waals surface area contributed by atoms with E-state index in [0.29, 0.717) is 0 Å². The summed E-state index contributed by atoms with van der Waals surface area (Å²) in [6.45, 7) is 3.91. The van der Waals surface area contributed by atoms with Crippen LogP contribution in [0, 0.1) is 0 Å². The lowest BCUT2D eigenvalue weighted by molar-refractivity contribution is -0.121. The molecule has 26 heavy (non-hydrogen) atoms. The predicted molar refractivity (Wildman–Crippen MR) is 105 cm³/mol. The number of fused-ring (bicyclic) bond motifs is 2. The number of aromatic nitrogens is 2. The number of hydrogen-bond donors (Lipinski definition) is 0. The smallest absolute Gasteiger partial charge is 0.147 e. The van der Waals surface area contributed by atoms with Gasteiger partial charge in [-0.3, -0.25) is 14.8 Å². The number of rotatable bonds is 4. The summed E-state index contributed by atoms with van der Waals surface area (Å²) in [6, 6.07) is 20.1. The summed E-state index contributed by atoms with van der Waals surface area (Å²) in [7, 11) is 0. The van der Waals surface area contributed by atoms with Crippen molar-refractivity contribution >= 4 is 27.6 Å². The van der Waals surface area contributed by atoms with Gasteiger partial charge in [-0.2, -0.15) is 0 Å². The first-order valence-electron chi connectivity index (χ1n) is 8.86. The van der Waals surface area contributed by atoms with Crippen LogP contribution in [0.1, 0.15) is 36.8 Å². The third-order valence-corrected chi connectivity index (χ3v) is 5.08. The summed E-state index contributed by atoms with van der Waals surface area (Å²) in [5.74, 6) is -0.249. The molecule has 2 unspecified atom stereocenters. The van der Waals surface area contributed by atoms with Crippen molar-refractivity contribution in [3.05, 3.63) is 84.2 Å². The monoisotopic (exact) mass is 340 g/mol. The summed E-state index contributed by atoms with van der Waals surface area (Å²) >= 11 is 0. The molecule has 0 spiro atoms. The van der Waals surface area contributed by atoms with E-state index >= 15 is 0 Å². The Balaban J connectivity index is 1.63. The van der Waals surface area contributed by atoms with E-state index in [1.54, 1.807) is 0 Å². The fourth-order valence-electron chi connectivity index (χ4n) is 3.35. The van der Waals surface area contributed by atoms with Crippen molar-refractivity contribution in [1.82, 2.24) is 9.97 Å². The molecule has 0 aliphatic carbocycles. The Hall–Kier alpha value is -3.07.